The molecule has 0 aliphatic carbocycles. The fourth-order valence-electron chi connectivity index (χ4n) is 2.47. The standard InChI is InChI=1S/C16H15BrN2O2/c1-10-13(6-7-14(17)18-10)19-16(20)15-12-5-3-2-4-11(12)8-9-21-15/h2-7,15H,8-9H2,1H3,(H,19,20). The van der Waals surface area contributed by atoms with Gasteiger partial charge in [-0.25, -0.2) is 4.98 Å². The maximum atomic E-state index is 12.5. The molecule has 1 aliphatic heterocycles. The Kier molecular flexibility index (Phi) is 4.03. The first-order chi connectivity index (χ1) is 10.1. The van der Waals surface area contributed by atoms with Crippen LogP contribution in [-0.2, 0) is 16.0 Å². The first-order valence-corrected chi connectivity index (χ1v) is 7.58. The number of pyridine rings is 1. The maximum Gasteiger partial charge on any atom is 0.258 e. The van der Waals surface area contributed by atoms with E-state index in [9.17, 15) is 4.79 Å². The molecule has 1 amide bonds. The van der Waals surface area contributed by atoms with E-state index in [-0.39, 0.29) is 5.91 Å². The molecule has 2 heterocycles. The molecule has 21 heavy (non-hydrogen) atoms. The summed E-state index contributed by atoms with van der Waals surface area (Å²) in [6.45, 7) is 2.42. The molecule has 0 saturated carbocycles. The minimum absolute atomic E-state index is 0.158. The maximum absolute atomic E-state index is 12.5. The normalized spacial score (nSPS) is 17.1. The van der Waals surface area contributed by atoms with E-state index in [1.807, 2.05) is 37.3 Å². The van der Waals surface area contributed by atoms with Gasteiger partial charge in [-0.05, 0) is 52.5 Å². The average Bonchev–Trinajstić information content (AvgIpc) is 2.49. The van der Waals surface area contributed by atoms with Crippen molar-refractivity contribution in [2.75, 3.05) is 11.9 Å². The lowest BCUT2D eigenvalue weighted by Crippen LogP contribution is -2.28. The molecule has 0 spiro atoms. The summed E-state index contributed by atoms with van der Waals surface area (Å²) >= 11 is 3.31. The zero-order valence-corrected chi connectivity index (χ0v) is 13.2. The number of fused-ring (bicyclic) bond motifs is 1. The Labute approximate surface area is 131 Å². The van der Waals surface area contributed by atoms with Crippen LogP contribution in [0, 0.1) is 6.92 Å². The molecule has 108 valence electrons. The molecule has 0 fully saturated rings. The van der Waals surface area contributed by atoms with Crippen LogP contribution < -0.4 is 5.32 Å². The number of hydrogen-bond acceptors (Lipinski definition) is 3. The minimum Gasteiger partial charge on any atom is -0.363 e. The smallest absolute Gasteiger partial charge is 0.258 e. The molecule has 1 aromatic carbocycles. The molecular formula is C16H15BrN2O2. The number of aromatic nitrogens is 1. The van der Waals surface area contributed by atoms with Gasteiger partial charge in [-0.2, -0.15) is 0 Å². The van der Waals surface area contributed by atoms with Gasteiger partial charge in [0.25, 0.3) is 5.91 Å². The first-order valence-electron chi connectivity index (χ1n) is 6.78. The second-order valence-electron chi connectivity index (χ2n) is 4.96. The molecule has 1 aromatic heterocycles. The number of nitrogens with one attached hydrogen (secondary N) is 1. The molecule has 4 nitrogen and oxygen atoms in total. The van der Waals surface area contributed by atoms with Crippen molar-refractivity contribution < 1.29 is 9.53 Å². The summed E-state index contributed by atoms with van der Waals surface area (Å²) in [4.78, 5) is 16.8. The minimum atomic E-state index is -0.557. The van der Waals surface area contributed by atoms with Gasteiger partial charge in [-0.15, -0.1) is 0 Å². The number of benzene rings is 1. The number of nitrogens with zero attached hydrogens (tertiary/aromatic N) is 1. The lowest BCUT2D eigenvalue weighted by molar-refractivity contribution is -0.128. The topological polar surface area (TPSA) is 51.2 Å². The summed E-state index contributed by atoms with van der Waals surface area (Å²) in [5.74, 6) is -0.158. The van der Waals surface area contributed by atoms with Crippen LogP contribution >= 0.6 is 15.9 Å². The number of ether oxygens (including phenoxy) is 1. The van der Waals surface area contributed by atoms with Crippen molar-refractivity contribution in [3.8, 4) is 0 Å². The highest BCUT2D eigenvalue weighted by molar-refractivity contribution is 9.10. The Hall–Kier alpha value is -1.72. The summed E-state index contributed by atoms with van der Waals surface area (Å²) in [6, 6.07) is 11.6. The molecule has 1 atom stereocenters. The lowest BCUT2D eigenvalue weighted by atomic mass is 9.97. The molecule has 1 unspecified atom stereocenters. The fraction of sp³-hybridized carbons (Fsp3) is 0.250. The van der Waals surface area contributed by atoms with Crippen LogP contribution in [0.5, 0.6) is 0 Å². The molecule has 2 aromatic rings. The van der Waals surface area contributed by atoms with Gasteiger partial charge in [0.1, 0.15) is 4.60 Å². The summed E-state index contributed by atoms with van der Waals surface area (Å²) in [5.41, 5.74) is 3.59. The van der Waals surface area contributed by atoms with Gasteiger partial charge >= 0.3 is 0 Å². The van der Waals surface area contributed by atoms with E-state index in [4.69, 9.17) is 4.74 Å². The quantitative estimate of drug-likeness (QED) is 0.847. The number of carbonyl (C=O) groups is 1. The van der Waals surface area contributed by atoms with E-state index in [2.05, 4.69) is 26.2 Å². The SMILES string of the molecule is Cc1nc(Br)ccc1NC(=O)C1OCCc2ccccc21. The first kappa shape index (κ1) is 14.2. The molecule has 1 N–H and O–H groups in total. The van der Waals surface area contributed by atoms with Crippen LogP contribution in [0.25, 0.3) is 0 Å². The number of carbonyl (C=O) groups excluding carboxylic acids is 1. The van der Waals surface area contributed by atoms with Crippen LogP contribution in [0.1, 0.15) is 22.9 Å². The highest BCUT2D eigenvalue weighted by atomic mass is 79.9. The monoisotopic (exact) mass is 346 g/mol. The van der Waals surface area contributed by atoms with Gasteiger partial charge in [0.05, 0.1) is 18.0 Å². The molecule has 0 radical (unpaired) electrons. The predicted octanol–water partition coefficient (Wildman–Crippen LogP) is 3.41. The highest BCUT2D eigenvalue weighted by Gasteiger charge is 2.27. The Morgan fingerprint density at radius 1 is 1.33 bits per heavy atom. The Morgan fingerprint density at radius 3 is 2.95 bits per heavy atom. The van der Waals surface area contributed by atoms with Crippen molar-refractivity contribution in [2.45, 2.75) is 19.4 Å². The zero-order valence-electron chi connectivity index (χ0n) is 11.6. The summed E-state index contributed by atoms with van der Waals surface area (Å²) in [6.07, 6.45) is 0.289. The highest BCUT2D eigenvalue weighted by Crippen LogP contribution is 2.28. The van der Waals surface area contributed by atoms with Crippen molar-refractivity contribution >= 4 is 27.5 Å². The molecule has 3 rings (SSSR count). The molecule has 5 heteroatoms. The largest absolute Gasteiger partial charge is 0.363 e. The zero-order chi connectivity index (χ0) is 14.8. The average molecular weight is 347 g/mol. The van der Waals surface area contributed by atoms with E-state index in [1.54, 1.807) is 6.07 Å². The molecular weight excluding hydrogens is 332 g/mol. The van der Waals surface area contributed by atoms with Gasteiger partial charge in [-0.1, -0.05) is 24.3 Å². The van der Waals surface area contributed by atoms with Crippen LogP contribution in [0.15, 0.2) is 41.0 Å². The Bertz CT molecular complexity index is 688. The number of hydrogen-bond donors (Lipinski definition) is 1. The third-order valence-corrected chi connectivity index (χ3v) is 3.98. The van der Waals surface area contributed by atoms with Crippen molar-refractivity contribution in [2.24, 2.45) is 0 Å². The number of aryl methyl sites for hydroxylation is 1. The Balaban J connectivity index is 1.83. The van der Waals surface area contributed by atoms with Gasteiger partial charge in [0.2, 0.25) is 0 Å². The van der Waals surface area contributed by atoms with Crippen LogP contribution in [-0.4, -0.2) is 17.5 Å². The van der Waals surface area contributed by atoms with Crippen LogP contribution in [0.4, 0.5) is 5.69 Å². The molecule has 0 saturated heterocycles. The molecule has 1 aliphatic rings. The van der Waals surface area contributed by atoms with Gasteiger partial charge in [0, 0.05) is 0 Å². The van der Waals surface area contributed by atoms with Gasteiger partial charge in [-0.3, -0.25) is 4.79 Å². The number of halogens is 1. The summed E-state index contributed by atoms with van der Waals surface area (Å²) in [7, 11) is 0. The Morgan fingerprint density at radius 2 is 2.14 bits per heavy atom. The van der Waals surface area contributed by atoms with Crippen LogP contribution in [0.2, 0.25) is 0 Å². The number of anilines is 1. The third-order valence-electron chi connectivity index (χ3n) is 3.54. The lowest BCUT2D eigenvalue weighted by Gasteiger charge is -2.25. The van der Waals surface area contributed by atoms with E-state index < -0.39 is 6.10 Å². The van der Waals surface area contributed by atoms with E-state index >= 15 is 0 Å². The summed E-state index contributed by atoms with van der Waals surface area (Å²) < 4.78 is 6.41. The predicted molar refractivity (Wildman–Crippen MR) is 84.1 cm³/mol. The van der Waals surface area contributed by atoms with Crippen LogP contribution in [0.3, 0.4) is 0 Å². The van der Waals surface area contributed by atoms with E-state index in [0.29, 0.717) is 12.3 Å². The second-order valence-corrected chi connectivity index (χ2v) is 5.77. The van der Waals surface area contributed by atoms with Gasteiger partial charge in [0.15, 0.2) is 6.10 Å². The second kappa shape index (κ2) is 5.95. The fourth-order valence-corrected chi connectivity index (χ4v) is 2.87. The van der Waals surface area contributed by atoms with Crippen molar-refractivity contribution in [1.29, 1.82) is 0 Å². The summed E-state index contributed by atoms with van der Waals surface area (Å²) in [5, 5.41) is 2.90. The van der Waals surface area contributed by atoms with Gasteiger partial charge < -0.3 is 10.1 Å². The van der Waals surface area contributed by atoms with Crippen molar-refractivity contribution in [1.82, 2.24) is 4.98 Å². The number of amides is 1. The molecule has 0 bridgehead atoms. The number of rotatable bonds is 2. The third kappa shape index (κ3) is 2.99. The van der Waals surface area contributed by atoms with Crippen molar-refractivity contribution in [3.05, 3.63) is 57.8 Å². The van der Waals surface area contributed by atoms with Crippen molar-refractivity contribution in [3.63, 3.8) is 0 Å². The van der Waals surface area contributed by atoms with E-state index in [0.717, 1.165) is 22.3 Å². The van der Waals surface area contributed by atoms with E-state index in [1.165, 1.54) is 5.56 Å².